The van der Waals surface area contributed by atoms with Gasteiger partial charge in [-0.05, 0) is 325 Å². The van der Waals surface area contributed by atoms with Crippen LogP contribution in [0.5, 0.6) is 0 Å². The number of benzene rings is 12. The first-order valence-corrected chi connectivity index (χ1v) is 54.4. The lowest BCUT2D eigenvalue weighted by molar-refractivity contribution is -0.216. The van der Waals surface area contributed by atoms with E-state index < -0.39 is 48.3 Å². The standard InChI is InChI=1S/C18H28F2O4.4C18H15S.C16H22F2O5.C14H20F2O3/c1-4-22-11(2)23-10-18-7-12-5-13(8-18)15(14(6-12)9-18)24-16(21)17(3,19)20;4*1-4-10-16(11-5-1)19(17-12-6-2-7-13-17)18-14-8-3-9-15-18;1-15(17,18)14(21)22-7-12(20)23-13-10-2-9-3-11(13)6-16(4-9,5-10)8-19;1-13(15,16)12(18)19-11-9-2-8-3-10(11)6-14(4-8,5-9)7-17/h11-15H,4-10H2,1-3H3;4*1-15H;9-11,13,19H,2-8H2,1H3;8-11,17H,2-7H2,1H3/q;4*+1;;. The van der Waals surface area contributed by atoms with E-state index in [1.165, 1.54) is 58.7 Å². The van der Waals surface area contributed by atoms with Crippen LogP contribution in [0.4, 0.5) is 26.3 Å². The highest BCUT2D eigenvalue weighted by Gasteiger charge is 2.61. The summed E-state index contributed by atoms with van der Waals surface area (Å²) < 4.78 is 109. The monoisotopic (exact) mass is 2000 g/mol. The van der Waals surface area contributed by atoms with E-state index in [0.717, 1.165) is 96.3 Å². The second kappa shape index (κ2) is 49.3. The van der Waals surface area contributed by atoms with Gasteiger partial charge >= 0.3 is 41.6 Å². The number of alkyl halides is 6. The highest BCUT2D eigenvalue weighted by atomic mass is 32.2. The Morgan fingerprint density at radius 3 is 0.676 bits per heavy atom. The zero-order chi connectivity index (χ0) is 99.9. The fraction of sp³-hybridized carbons (Fsp3) is 0.367. The normalized spacial score (nSPS) is 24.4. The number of hydrogen-bond acceptors (Lipinski definition) is 12. The molecule has 12 saturated carbocycles. The summed E-state index contributed by atoms with van der Waals surface area (Å²) in [5, 5.41) is 19.3. The lowest BCUT2D eigenvalue weighted by atomic mass is 9.48. The number of carbonyl (C=O) groups excluding carboxylic acids is 4. The van der Waals surface area contributed by atoms with Crippen molar-refractivity contribution in [1.29, 1.82) is 0 Å². The Bertz CT molecular complexity index is 4980. The van der Waals surface area contributed by atoms with Gasteiger partial charge in [-0.1, -0.05) is 218 Å². The van der Waals surface area contributed by atoms with Crippen LogP contribution < -0.4 is 0 Å². The molecule has 0 heterocycles. The summed E-state index contributed by atoms with van der Waals surface area (Å²) in [5.41, 5.74) is 0.0315. The van der Waals surface area contributed by atoms with Crippen molar-refractivity contribution >= 4 is 67.5 Å². The van der Waals surface area contributed by atoms with Crippen molar-refractivity contribution in [3.05, 3.63) is 364 Å². The van der Waals surface area contributed by atoms with Crippen LogP contribution in [0, 0.1) is 69.5 Å². The average molecular weight is 2010 g/mol. The van der Waals surface area contributed by atoms with Crippen molar-refractivity contribution in [2.75, 3.05) is 33.0 Å². The first-order chi connectivity index (χ1) is 68.6. The van der Waals surface area contributed by atoms with E-state index in [2.05, 4.69) is 369 Å². The lowest BCUT2D eigenvalue weighted by Gasteiger charge is -2.59. The highest BCUT2D eigenvalue weighted by Crippen LogP contribution is 2.64. The maximum atomic E-state index is 13.2. The number of aliphatic hydroxyl groups is 2. The second-order valence-electron chi connectivity index (χ2n) is 39.5. The molecule has 0 spiro atoms. The van der Waals surface area contributed by atoms with Gasteiger partial charge in [0.15, 0.2) is 71.6 Å². The minimum atomic E-state index is -3.61. The summed E-state index contributed by atoms with van der Waals surface area (Å²) in [6.07, 6.45) is 12.9. The van der Waals surface area contributed by atoms with Gasteiger partial charge in [0.05, 0.1) is 50.2 Å². The van der Waals surface area contributed by atoms with Crippen LogP contribution in [0.1, 0.15) is 131 Å². The van der Waals surface area contributed by atoms with E-state index in [1.54, 1.807) is 0 Å². The van der Waals surface area contributed by atoms with Crippen molar-refractivity contribution in [3.63, 3.8) is 0 Å². The van der Waals surface area contributed by atoms with Crippen LogP contribution in [-0.2, 0) is 91.2 Å². The molecule has 0 aromatic heterocycles. The predicted molar refractivity (Wildman–Crippen MR) is 548 cm³/mol. The van der Waals surface area contributed by atoms with Crippen LogP contribution in [0.3, 0.4) is 0 Å². The Morgan fingerprint density at radius 2 is 0.486 bits per heavy atom. The van der Waals surface area contributed by atoms with Gasteiger partial charge in [0, 0.05) is 40.6 Å². The third kappa shape index (κ3) is 27.9. The van der Waals surface area contributed by atoms with Crippen molar-refractivity contribution in [1.82, 2.24) is 0 Å². The molecule has 12 aliphatic rings. The molecule has 142 heavy (non-hydrogen) atoms. The van der Waals surface area contributed by atoms with Gasteiger partial charge in [0.2, 0.25) is 0 Å². The Hall–Kier alpha value is -10.7. The zero-order valence-corrected chi connectivity index (χ0v) is 84.4. The number of ether oxygens (including phenoxy) is 6. The Kier molecular flexibility index (Phi) is 36.7. The first kappa shape index (κ1) is 106. The number of rotatable bonds is 27. The maximum Gasteiger partial charge on any atom is 0.377 e. The Labute approximate surface area is 844 Å². The molecular weight excluding hydrogens is 1880 g/mol. The minimum Gasteiger partial charge on any atom is -0.459 e. The quantitative estimate of drug-likeness (QED) is 0.0165. The van der Waals surface area contributed by atoms with Crippen molar-refractivity contribution in [2.45, 2.75) is 232 Å². The Morgan fingerprint density at radius 1 is 0.296 bits per heavy atom. The molecule has 22 heteroatoms. The molecule has 12 aromatic carbocycles. The van der Waals surface area contributed by atoms with E-state index in [9.17, 15) is 55.7 Å². The van der Waals surface area contributed by atoms with E-state index >= 15 is 0 Å². The minimum absolute atomic E-state index is 0.0146. The molecule has 0 aliphatic heterocycles. The van der Waals surface area contributed by atoms with Gasteiger partial charge in [-0.3, -0.25) is 0 Å². The Balaban J connectivity index is 0.000000125. The smallest absolute Gasteiger partial charge is 0.377 e. The van der Waals surface area contributed by atoms with E-state index in [1.807, 2.05) is 13.8 Å². The van der Waals surface area contributed by atoms with Crippen LogP contribution in [0.2, 0.25) is 0 Å². The molecule has 24 rings (SSSR count). The number of esters is 4. The number of hydrogen-bond donors (Lipinski definition) is 2. The average Bonchev–Trinajstić information content (AvgIpc) is 0.735. The van der Waals surface area contributed by atoms with Gasteiger partial charge in [-0.2, -0.15) is 26.3 Å². The molecule has 0 amide bonds. The van der Waals surface area contributed by atoms with Crippen LogP contribution in [-0.4, -0.2) is 109 Å². The molecule has 0 saturated heterocycles. The fourth-order valence-electron chi connectivity index (χ4n) is 23.4. The van der Waals surface area contributed by atoms with Gasteiger partial charge in [-0.25, -0.2) is 19.2 Å². The summed E-state index contributed by atoms with van der Waals surface area (Å²) in [5.74, 6) is -12.9. The molecule has 12 aromatic rings. The van der Waals surface area contributed by atoms with Crippen molar-refractivity contribution in [3.8, 4) is 0 Å². The summed E-state index contributed by atoms with van der Waals surface area (Å²) in [6.45, 7) is 6.26. The summed E-state index contributed by atoms with van der Waals surface area (Å²) in [7, 11) is -0.0585. The first-order valence-electron chi connectivity index (χ1n) is 49.5. The number of aliphatic hydroxyl groups excluding tert-OH is 2. The molecule has 12 bridgehead atoms. The van der Waals surface area contributed by atoms with E-state index in [-0.39, 0.29) is 133 Å². The van der Waals surface area contributed by atoms with Crippen LogP contribution in [0.15, 0.2) is 423 Å². The van der Waals surface area contributed by atoms with Crippen molar-refractivity contribution < 1.29 is 84.2 Å². The number of halogens is 6. The van der Waals surface area contributed by atoms with Crippen LogP contribution >= 0.6 is 0 Å². The molecule has 2 N–H and O–H groups in total. The molecule has 7 atom stereocenters. The summed E-state index contributed by atoms with van der Waals surface area (Å²) >= 11 is 0. The maximum absolute atomic E-state index is 13.2. The lowest BCUT2D eigenvalue weighted by Crippen LogP contribution is -2.56. The predicted octanol–water partition coefficient (Wildman–Crippen LogP) is 27.2. The topological polar surface area (TPSA) is 164 Å². The largest absolute Gasteiger partial charge is 0.459 e. The van der Waals surface area contributed by atoms with Crippen LogP contribution in [0.25, 0.3) is 0 Å². The van der Waals surface area contributed by atoms with E-state index in [0.29, 0.717) is 51.7 Å². The molecule has 12 aliphatic carbocycles. The van der Waals surface area contributed by atoms with Gasteiger partial charge < -0.3 is 38.6 Å². The number of carbonyl (C=O) groups is 4. The fourth-order valence-corrected chi connectivity index (χ4v) is 31.8. The molecule has 12 fully saturated rings. The molecule has 12 nitrogen and oxygen atoms in total. The third-order valence-electron chi connectivity index (χ3n) is 28.5. The van der Waals surface area contributed by atoms with Crippen molar-refractivity contribution in [2.24, 2.45) is 69.5 Å². The SMILES string of the molecule is CC(F)(F)C(=O)OC1C2CC3CC1CC(CO)(C3)C2.CC(F)(F)C(=O)OCC(=O)OC1C2CC3CC1CC(CO)(C3)C2.CCOC(C)OCC12CC3CC(C1)C(OC(=O)C(C)(F)F)C(C3)C2.c1ccc([S+](c2ccccc2)c2ccccc2)cc1.c1ccc([S+](c2ccccc2)c2ccccc2)cc1.c1ccc([S+](c2ccccc2)c2ccccc2)cc1.c1ccc([S+](c2ccccc2)c2ccccc2)cc1. The van der Waals surface area contributed by atoms with Gasteiger partial charge in [0.1, 0.15) is 18.3 Å². The highest BCUT2D eigenvalue weighted by molar-refractivity contribution is 7.98. The third-order valence-corrected chi connectivity index (χ3v) is 37.5. The van der Waals surface area contributed by atoms with E-state index in [4.69, 9.17) is 23.7 Å². The van der Waals surface area contributed by atoms with Gasteiger partial charge in [0.25, 0.3) is 0 Å². The summed E-state index contributed by atoms with van der Waals surface area (Å²) in [6, 6.07) is 129. The molecule has 744 valence electrons. The van der Waals surface area contributed by atoms with Gasteiger partial charge in [-0.15, -0.1) is 0 Å². The molecule has 7 unspecified atom stereocenters. The molecular formula is C120H130F6O12S4+4. The molecule has 0 radical (unpaired) electrons. The second-order valence-corrected chi connectivity index (χ2v) is 47.6. The zero-order valence-electron chi connectivity index (χ0n) is 81.2. The summed E-state index contributed by atoms with van der Waals surface area (Å²) in [4.78, 5) is 62.1.